The second-order valence-electron chi connectivity index (χ2n) is 3.91. The summed E-state index contributed by atoms with van der Waals surface area (Å²) in [6, 6.07) is 3.91. The molecule has 0 bridgehead atoms. The fourth-order valence-electron chi connectivity index (χ4n) is 1.32. The molecule has 1 aromatic rings. The van der Waals surface area contributed by atoms with Gasteiger partial charge in [0.1, 0.15) is 0 Å². The SMILES string of the molecule is Cc1ccc(CC(C)NC(=O)C(C)N)s1. The summed E-state index contributed by atoms with van der Waals surface area (Å²) in [5.41, 5.74) is 5.47. The highest BCUT2D eigenvalue weighted by molar-refractivity contribution is 7.11. The van der Waals surface area contributed by atoms with Crippen LogP contribution >= 0.6 is 11.3 Å². The minimum atomic E-state index is -0.433. The van der Waals surface area contributed by atoms with E-state index in [0.29, 0.717) is 0 Å². The zero-order chi connectivity index (χ0) is 11.4. The second-order valence-corrected chi connectivity index (χ2v) is 5.29. The van der Waals surface area contributed by atoms with Crippen LogP contribution in [0.25, 0.3) is 0 Å². The van der Waals surface area contributed by atoms with Crippen LogP contribution in [0.2, 0.25) is 0 Å². The number of thiophene rings is 1. The van der Waals surface area contributed by atoms with E-state index in [1.807, 2.05) is 6.92 Å². The summed E-state index contributed by atoms with van der Waals surface area (Å²) in [4.78, 5) is 13.9. The molecule has 0 saturated carbocycles. The van der Waals surface area contributed by atoms with Crippen molar-refractivity contribution in [1.29, 1.82) is 0 Å². The lowest BCUT2D eigenvalue weighted by molar-refractivity contribution is -0.122. The highest BCUT2D eigenvalue weighted by Gasteiger charge is 2.11. The summed E-state index contributed by atoms with van der Waals surface area (Å²) >= 11 is 1.77. The fraction of sp³-hybridized carbons (Fsp3) is 0.545. The van der Waals surface area contributed by atoms with Crippen LogP contribution in [-0.2, 0) is 11.2 Å². The van der Waals surface area contributed by atoms with Crippen molar-refractivity contribution in [1.82, 2.24) is 5.32 Å². The molecule has 0 aromatic carbocycles. The van der Waals surface area contributed by atoms with E-state index in [2.05, 4.69) is 24.4 Å². The molecule has 0 fully saturated rings. The standard InChI is InChI=1S/C11H18N2OS/c1-7(13-11(14)9(3)12)6-10-5-4-8(2)15-10/h4-5,7,9H,6,12H2,1-3H3,(H,13,14). The third kappa shape index (κ3) is 4.01. The van der Waals surface area contributed by atoms with Gasteiger partial charge in [-0.05, 0) is 32.9 Å². The zero-order valence-corrected chi connectivity index (χ0v) is 10.2. The van der Waals surface area contributed by atoms with E-state index in [9.17, 15) is 4.79 Å². The van der Waals surface area contributed by atoms with Crippen LogP contribution < -0.4 is 11.1 Å². The van der Waals surface area contributed by atoms with E-state index >= 15 is 0 Å². The van der Waals surface area contributed by atoms with Gasteiger partial charge < -0.3 is 11.1 Å². The Labute approximate surface area is 94.7 Å². The summed E-state index contributed by atoms with van der Waals surface area (Å²) < 4.78 is 0. The lowest BCUT2D eigenvalue weighted by Crippen LogP contribution is -2.43. The van der Waals surface area contributed by atoms with Crippen molar-refractivity contribution in [2.24, 2.45) is 5.73 Å². The second kappa shape index (κ2) is 5.28. The molecule has 84 valence electrons. The molecule has 1 heterocycles. The van der Waals surface area contributed by atoms with E-state index in [-0.39, 0.29) is 11.9 Å². The van der Waals surface area contributed by atoms with Gasteiger partial charge >= 0.3 is 0 Å². The summed E-state index contributed by atoms with van der Waals surface area (Å²) in [6.07, 6.45) is 0.872. The molecule has 3 N–H and O–H groups in total. The van der Waals surface area contributed by atoms with E-state index < -0.39 is 6.04 Å². The fourth-order valence-corrected chi connectivity index (χ4v) is 2.34. The Morgan fingerprint density at radius 1 is 1.53 bits per heavy atom. The highest BCUT2D eigenvalue weighted by Crippen LogP contribution is 2.16. The summed E-state index contributed by atoms with van der Waals surface area (Å²) in [6.45, 7) is 5.77. The predicted molar refractivity (Wildman–Crippen MR) is 64.0 cm³/mol. The van der Waals surface area contributed by atoms with Gasteiger partial charge in [0.15, 0.2) is 0 Å². The van der Waals surface area contributed by atoms with E-state index in [0.717, 1.165) is 6.42 Å². The molecule has 1 amide bonds. The number of hydrogen-bond acceptors (Lipinski definition) is 3. The maximum atomic E-state index is 11.3. The Morgan fingerprint density at radius 2 is 2.20 bits per heavy atom. The summed E-state index contributed by atoms with van der Waals surface area (Å²) in [5.74, 6) is -0.0872. The van der Waals surface area contributed by atoms with Crippen molar-refractivity contribution < 1.29 is 4.79 Å². The van der Waals surface area contributed by atoms with E-state index in [4.69, 9.17) is 5.73 Å². The van der Waals surface area contributed by atoms with Gasteiger partial charge in [0, 0.05) is 22.2 Å². The van der Waals surface area contributed by atoms with Crippen LogP contribution in [0.5, 0.6) is 0 Å². The monoisotopic (exact) mass is 226 g/mol. The molecule has 0 saturated heterocycles. The molecular formula is C11H18N2OS. The number of carbonyl (C=O) groups is 1. The maximum absolute atomic E-state index is 11.3. The molecule has 0 aliphatic carbocycles. The van der Waals surface area contributed by atoms with E-state index in [1.54, 1.807) is 18.3 Å². The minimum absolute atomic E-state index is 0.0872. The lowest BCUT2D eigenvalue weighted by atomic mass is 10.2. The first-order valence-corrected chi connectivity index (χ1v) is 5.92. The van der Waals surface area contributed by atoms with Crippen molar-refractivity contribution in [2.45, 2.75) is 39.3 Å². The van der Waals surface area contributed by atoms with Gasteiger partial charge in [-0.1, -0.05) is 0 Å². The topological polar surface area (TPSA) is 55.1 Å². The number of hydrogen-bond donors (Lipinski definition) is 2. The molecule has 0 aliphatic rings. The van der Waals surface area contributed by atoms with Crippen LogP contribution in [0.1, 0.15) is 23.6 Å². The normalized spacial score (nSPS) is 14.7. The first-order valence-electron chi connectivity index (χ1n) is 5.10. The number of amides is 1. The van der Waals surface area contributed by atoms with Crippen LogP contribution in [0.15, 0.2) is 12.1 Å². The molecular weight excluding hydrogens is 208 g/mol. The molecule has 1 rings (SSSR count). The Kier molecular flexibility index (Phi) is 4.29. The van der Waals surface area contributed by atoms with Crippen molar-refractivity contribution in [3.63, 3.8) is 0 Å². The molecule has 2 unspecified atom stereocenters. The van der Waals surface area contributed by atoms with E-state index in [1.165, 1.54) is 9.75 Å². The number of aryl methyl sites for hydroxylation is 1. The van der Waals surface area contributed by atoms with Gasteiger partial charge in [-0.3, -0.25) is 4.79 Å². The Balaban J connectivity index is 2.42. The highest BCUT2D eigenvalue weighted by atomic mass is 32.1. The summed E-state index contributed by atoms with van der Waals surface area (Å²) in [7, 11) is 0. The lowest BCUT2D eigenvalue weighted by Gasteiger charge is -2.14. The van der Waals surface area contributed by atoms with Crippen molar-refractivity contribution in [3.8, 4) is 0 Å². The molecule has 4 heteroatoms. The molecule has 15 heavy (non-hydrogen) atoms. The van der Waals surface area contributed by atoms with Crippen LogP contribution in [-0.4, -0.2) is 18.0 Å². The molecule has 0 radical (unpaired) electrons. The number of rotatable bonds is 4. The van der Waals surface area contributed by atoms with Crippen LogP contribution in [0.4, 0.5) is 0 Å². The van der Waals surface area contributed by atoms with Gasteiger partial charge in [0.25, 0.3) is 0 Å². The Morgan fingerprint density at radius 3 is 2.67 bits per heavy atom. The van der Waals surface area contributed by atoms with Gasteiger partial charge in [0.2, 0.25) is 5.91 Å². The van der Waals surface area contributed by atoms with Gasteiger partial charge in [-0.15, -0.1) is 11.3 Å². The third-order valence-corrected chi connectivity index (χ3v) is 3.13. The minimum Gasteiger partial charge on any atom is -0.352 e. The van der Waals surface area contributed by atoms with Crippen LogP contribution in [0.3, 0.4) is 0 Å². The first kappa shape index (κ1) is 12.2. The quantitative estimate of drug-likeness (QED) is 0.816. The largest absolute Gasteiger partial charge is 0.352 e. The molecule has 2 atom stereocenters. The van der Waals surface area contributed by atoms with Gasteiger partial charge in [-0.2, -0.15) is 0 Å². The average Bonchev–Trinajstić information content (AvgIpc) is 2.50. The summed E-state index contributed by atoms with van der Waals surface area (Å²) in [5, 5.41) is 2.88. The van der Waals surface area contributed by atoms with Gasteiger partial charge in [0.05, 0.1) is 6.04 Å². The van der Waals surface area contributed by atoms with Crippen LogP contribution in [0, 0.1) is 6.92 Å². The smallest absolute Gasteiger partial charge is 0.236 e. The third-order valence-electron chi connectivity index (χ3n) is 2.11. The number of nitrogens with two attached hydrogens (primary N) is 1. The number of nitrogens with one attached hydrogen (secondary N) is 1. The maximum Gasteiger partial charge on any atom is 0.236 e. The first-order chi connectivity index (χ1) is 6.99. The Bertz CT molecular complexity index is 333. The molecule has 1 aromatic heterocycles. The predicted octanol–water partition coefficient (Wildman–Crippen LogP) is 1.45. The van der Waals surface area contributed by atoms with Crippen molar-refractivity contribution in [3.05, 3.63) is 21.9 Å². The molecule has 0 spiro atoms. The number of carbonyl (C=O) groups excluding carboxylic acids is 1. The zero-order valence-electron chi connectivity index (χ0n) is 9.41. The molecule has 3 nitrogen and oxygen atoms in total. The molecule has 0 aliphatic heterocycles. The van der Waals surface area contributed by atoms with Crippen molar-refractivity contribution >= 4 is 17.2 Å². The Hall–Kier alpha value is -0.870. The van der Waals surface area contributed by atoms with Gasteiger partial charge in [-0.25, -0.2) is 0 Å². The average molecular weight is 226 g/mol. The van der Waals surface area contributed by atoms with Crippen molar-refractivity contribution in [2.75, 3.05) is 0 Å².